The van der Waals surface area contributed by atoms with E-state index >= 15 is 0 Å². The molecular formula is C26H25N3O6S. The molecule has 36 heavy (non-hydrogen) atoms. The van der Waals surface area contributed by atoms with Crippen LogP contribution >= 0.6 is 0 Å². The molecule has 0 atom stereocenters. The molecule has 0 aliphatic rings. The van der Waals surface area contributed by atoms with E-state index < -0.39 is 15.9 Å². The van der Waals surface area contributed by atoms with Crippen molar-refractivity contribution >= 4 is 32.6 Å². The number of methoxy groups -OCH3 is 2. The first kappa shape index (κ1) is 24.8. The lowest BCUT2D eigenvalue weighted by molar-refractivity contribution is 0.102. The number of carbonyl (C=O) groups is 1. The summed E-state index contributed by atoms with van der Waals surface area (Å²) in [5.41, 5.74) is 1.98. The zero-order valence-corrected chi connectivity index (χ0v) is 20.8. The highest BCUT2D eigenvalue weighted by Gasteiger charge is 2.21. The number of rotatable bonds is 8. The molecule has 0 aliphatic carbocycles. The minimum absolute atomic E-state index is 0.0496. The smallest absolute Gasteiger partial charge is 0.280 e. The Hall–Kier alpha value is -4.31. The Morgan fingerprint density at radius 1 is 0.972 bits per heavy atom. The third-order valence-electron chi connectivity index (χ3n) is 5.45. The first-order valence-corrected chi connectivity index (χ1v) is 12.5. The Morgan fingerprint density at radius 2 is 1.72 bits per heavy atom. The molecule has 0 saturated heterocycles. The number of nitrogens with one attached hydrogen (secondary N) is 2. The van der Waals surface area contributed by atoms with Gasteiger partial charge in [0.1, 0.15) is 27.5 Å². The lowest BCUT2D eigenvalue weighted by Crippen LogP contribution is -2.27. The van der Waals surface area contributed by atoms with E-state index in [1.165, 1.54) is 26.4 Å². The van der Waals surface area contributed by atoms with Crippen LogP contribution in [-0.4, -0.2) is 28.5 Å². The number of hydrogen-bond acceptors (Lipinski definition) is 7. The molecule has 1 aromatic heterocycles. The van der Waals surface area contributed by atoms with Gasteiger partial charge in [-0.15, -0.1) is 5.10 Å². The van der Waals surface area contributed by atoms with Crippen molar-refractivity contribution in [3.63, 3.8) is 0 Å². The van der Waals surface area contributed by atoms with Crippen molar-refractivity contribution in [1.29, 1.82) is 0 Å². The van der Waals surface area contributed by atoms with Gasteiger partial charge in [0.25, 0.3) is 15.9 Å². The van der Waals surface area contributed by atoms with E-state index in [1.807, 2.05) is 19.1 Å². The van der Waals surface area contributed by atoms with Crippen LogP contribution in [0.2, 0.25) is 0 Å². The third-order valence-corrected chi connectivity index (χ3v) is 6.68. The van der Waals surface area contributed by atoms with Crippen molar-refractivity contribution in [1.82, 2.24) is 4.83 Å². The molecule has 0 unspecified atom stereocenters. The highest BCUT2D eigenvalue weighted by molar-refractivity contribution is 7.89. The molecule has 0 aliphatic heterocycles. The second kappa shape index (κ2) is 10.5. The summed E-state index contributed by atoms with van der Waals surface area (Å²) in [7, 11) is -1.43. The number of aryl methyl sites for hydroxylation is 1. The summed E-state index contributed by atoms with van der Waals surface area (Å²) in [6.45, 7) is 2.04. The number of sulfonamides is 1. The lowest BCUT2D eigenvalue weighted by atomic mass is 10.1. The maximum atomic E-state index is 13.2. The molecule has 0 spiro atoms. The number of amides is 1. The van der Waals surface area contributed by atoms with Gasteiger partial charge in [-0.1, -0.05) is 37.3 Å². The number of ether oxygens (including phenoxy) is 2. The number of para-hydroxylation sites is 1. The van der Waals surface area contributed by atoms with E-state index in [9.17, 15) is 13.2 Å². The Bertz CT molecular complexity index is 1580. The molecule has 186 valence electrons. The molecule has 10 heteroatoms. The SMILES string of the molecule is CCc1ccc(NC(=O)c2cc3ccccc3o/c2=N/NS(=O)(=O)c2cc(OC)ccc2OC)cc1. The zero-order valence-electron chi connectivity index (χ0n) is 19.9. The van der Waals surface area contributed by atoms with Crippen LogP contribution in [-0.2, 0) is 16.4 Å². The van der Waals surface area contributed by atoms with Gasteiger partial charge in [-0.2, -0.15) is 13.2 Å². The summed E-state index contributed by atoms with van der Waals surface area (Å²) in [6, 6.07) is 20.4. The highest BCUT2D eigenvalue weighted by atomic mass is 32.2. The van der Waals surface area contributed by atoms with Gasteiger partial charge < -0.3 is 19.2 Å². The molecule has 0 radical (unpaired) electrons. The van der Waals surface area contributed by atoms with Gasteiger partial charge in [0.15, 0.2) is 0 Å². The maximum Gasteiger partial charge on any atom is 0.280 e. The number of anilines is 1. The van der Waals surface area contributed by atoms with Gasteiger partial charge in [-0.3, -0.25) is 4.79 Å². The average molecular weight is 508 g/mol. The van der Waals surface area contributed by atoms with Crippen molar-refractivity contribution in [2.45, 2.75) is 18.2 Å². The number of fused-ring (bicyclic) bond motifs is 1. The highest BCUT2D eigenvalue weighted by Crippen LogP contribution is 2.28. The van der Waals surface area contributed by atoms with Crippen LogP contribution in [0.15, 0.2) is 87.2 Å². The van der Waals surface area contributed by atoms with Gasteiger partial charge in [-0.05, 0) is 48.4 Å². The third kappa shape index (κ3) is 5.33. The van der Waals surface area contributed by atoms with Crippen LogP contribution in [0.3, 0.4) is 0 Å². The molecule has 9 nitrogen and oxygen atoms in total. The quantitative estimate of drug-likeness (QED) is 0.347. The topological polar surface area (TPSA) is 119 Å². The fraction of sp³-hybridized carbons (Fsp3) is 0.154. The number of nitrogens with zero attached hydrogens (tertiary/aromatic N) is 1. The van der Waals surface area contributed by atoms with Crippen molar-refractivity contribution < 1.29 is 27.1 Å². The van der Waals surface area contributed by atoms with Crippen LogP contribution < -0.4 is 25.2 Å². The molecule has 4 aromatic rings. The van der Waals surface area contributed by atoms with E-state index in [0.717, 1.165) is 12.0 Å². The van der Waals surface area contributed by atoms with Crippen LogP contribution in [0.4, 0.5) is 5.69 Å². The Balaban J connectivity index is 1.75. The number of benzene rings is 3. The van der Waals surface area contributed by atoms with Gasteiger partial charge in [0.05, 0.1) is 14.2 Å². The summed E-state index contributed by atoms with van der Waals surface area (Å²) >= 11 is 0. The van der Waals surface area contributed by atoms with E-state index in [0.29, 0.717) is 22.4 Å². The minimum atomic E-state index is -4.21. The zero-order chi connectivity index (χ0) is 25.7. The Labute approximate surface area is 208 Å². The van der Waals surface area contributed by atoms with Crippen LogP contribution in [0.25, 0.3) is 11.0 Å². The molecule has 0 bridgehead atoms. The lowest BCUT2D eigenvalue weighted by Gasteiger charge is -2.11. The van der Waals surface area contributed by atoms with Crippen molar-refractivity contribution in [3.8, 4) is 11.5 Å². The molecular weight excluding hydrogens is 482 g/mol. The predicted molar refractivity (Wildman–Crippen MR) is 135 cm³/mol. The van der Waals surface area contributed by atoms with E-state index in [2.05, 4.69) is 15.2 Å². The molecule has 0 fully saturated rings. The average Bonchev–Trinajstić information content (AvgIpc) is 2.91. The normalized spacial score (nSPS) is 11.8. The number of hydrogen-bond donors (Lipinski definition) is 2. The second-order valence-electron chi connectivity index (χ2n) is 7.73. The predicted octanol–water partition coefficient (Wildman–Crippen LogP) is 4.06. The summed E-state index contributed by atoms with van der Waals surface area (Å²) in [5.74, 6) is -0.0890. The van der Waals surface area contributed by atoms with Crippen molar-refractivity contribution in [2.24, 2.45) is 5.10 Å². The summed E-state index contributed by atoms with van der Waals surface area (Å²) < 4.78 is 42.3. The standard InChI is InChI=1S/C26H25N3O6S/c1-4-17-9-11-19(12-10-17)27-25(30)21-15-18-7-5-6-8-22(18)35-26(21)28-29-36(31,32)24-16-20(33-2)13-14-23(24)34-3/h5-16,29H,4H2,1-3H3,(H,27,30)/b28-26+. The van der Waals surface area contributed by atoms with Gasteiger partial charge in [0.2, 0.25) is 5.55 Å². The van der Waals surface area contributed by atoms with Gasteiger partial charge >= 0.3 is 0 Å². The van der Waals surface area contributed by atoms with Gasteiger partial charge in [-0.25, -0.2) is 0 Å². The van der Waals surface area contributed by atoms with Crippen molar-refractivity contribution in [2.75, 3.05) is 19.5 Å². The summed E-state index contributed by atoms with van der Waals surface area (Å²) in [5, 5.41) is 7.42. The van der Waals surface area contributed by atoms with Gasteiger partial charge in [0, 0.05) is 17.1 Å². The molecule has 0 saturated carbocycles. The summed E-state index contributed by atoms with van der Waals surface area (Å²) in [6.07, 6.45) is 0.874. The molecule has 1 amide bonds. The molecule has 2 N–H and O–H groups in total. The monoisotopic (exact) mass is 507 g/mol. The largest absolute Gasteiger partial charge is 0.497 e. The Morgan fingerprint density at radius 3 is 2.42 bits per heavy atom. The first-order valence-electron chi connectivity index (χ1n) is 11.1. The maximum absolute atomic E-state index is 13.2. The van der Waals surface area contributed by atoms with Crippen LogP contribution in [0.5, 0.6) is 11.5 Å². The van der Waals surface area contributed by atoms with Crippen molar-refractivity contribution in [3.05, 3.63) is 89.5 Å². The first-order chi connectivity index (χ1) is 17.3. The molecule has 4 rings (SSSR count). The second-order valence-corrected chi connectivity index (χ2v) is 9.36. The van der Waals surface area contributed by atoms with E-state index in [-0.39, 0.29) is 21.8 Å². The minimum Gasteiger partial charge on any atom is -0.497 e. The number of carbonyl (C=O) groups excluding carboxylic acids is 1. The van der Waals surface area contributed by atoms with E-state index in [4.69, 9.17) is 13.9 Å². The van der Waals surface area contributed by atoms with Crippen LogP contribution in [0, 0.1) is 0 Å². The fourth-order valence-electron chi connectivity index (χ4n) is 3.48. The Kier molecular flexibility index (Phi) is 7.25. The van der Waals surface area contributed by atoms with Crippen LogP contribution in [0.1, 0.15) is 22.8 Å². The molecule has 1 heterocycles. The summed E-state index contributed by atoms with van der Waals surface area (Å²) in [4.78, 5) is 15.1. The fourth-order valence-corrected chi connectivity index (χ4v) is 4.47. The van der Waals surface area contributed by atoms with E-state index in [1.54, 1.807) is 48.5 Å². The molecule has 3 aromatic carbocycles.